The van der Waals surface area contributed by atoms with Gasteiger partial charge in [-0.25, -0.2) is 0 Å². The number of pyridine rings is 1. The molecule has 0 fully saturated rings. The van der Waals surface area contributed by atoms with E-state index < -0.39 is 6.10 Å². The summed E-state index contributed by atoms with van der Waals surface area (Å²) < 4.78 is 0. The van der Waals surface area contributed by atoms with Gasteiger partial charge in [-0.3, -0.25) is 9.78 Å². The largest absolute Gasteiger partial charge is 0.386 e. The number of aliphatic hydroxyl groups excluding tert-OH is 1. The summed E-state index contributed by atoms with van der Waals surface area (Å²) in [6.45, 7) is 1.53. The first-order chi connectivity index (χ1) is 7.20. The molecule has 3 nitrogen and oxygen atoms in total. The molecule has 0 radical (unpaired) electrons. The second-order valence-corrected chi connectivity index (χ2v) is 4.07. The predicted octanol–water partition coefficient (Wildman–Crippen LogP) is 1.45. The number of carbonyl (C=O) groups excluding carboxylic acids is 1. The smallest absolute Gasteiger partial charge is 0.169 e. The molecule has 80 valence electrons. The molecule has 0 saturated heterocycles. The second kappa shape index (κ2) is 4.11. The Morgan fingerprint density at radius 3 is 3.20 bits per heavy atom. The van der Waals surface area contributed by atoms with Gasteiger partial charge in [0, 0.05) is 6.20 Å². The molecule has 2 rings (SSSR count). The molecular formula is C12H15NO2. The summed E-state index contributed by atoms with van der Waals surface area (Å²) in [5, 5.41) is 9.32. The van der Waals surface area contributed by atoms with Gasteiger partial charge in [-0.2, -0.15) is 0 Å². The monoisotopic (exact) mass is 205 g/mol. The van der Waals surface area contributed by atoms with Crippen LogP contribution in [0.5, 0.6) is 0 Å². The van der Waals surface area contributed by atoms with Gasteiger partial charge in [-0.1, -0.05) is 6.07 Å². The lowest BCUT2D eigenvalue weighted by Gasteiger charge is -2.23. The molecule has 1 aliphatic rings. The first-order valence-corrected chi connectivity index (χ1v) is 5.35. The van der Waals surface area contributed by atoms with Crippen LogP contribution < -0.4 is 0 Å². The number of carbonyl (C=O) groups is 1. The Kier molecular flexibility index (Phi) is 2.82. The zero-order valence-electron chi connectivity index (χ0n) is 8.81. The van der Waals surface area contributed by atoms with Crippen LogP contribution in [0.15, 0.2) is 18.3 Å². The zero-order chi connectivity index (χ0) is 10.8. The van der Waals surface area contributed by atoms with E-state index >= 15 is 0 Å². The molecule has 3 heteroatoms. The summed E-state index contributed by atoms with van der Waals surface area (Å²) in [5.74, 6) is -0.301. The highest BCUT2D eigenvalue weighted by molar-refractivity contribution is 5.89. The summed E-state index contributed by atoms with van der Waals surface area (Å²) in [4.78, 5) is 16.0. The van der Waals surface area contributed by atoms with Gasteiger partial charge in [0.1, 0.15) is 6.10 Å². The molecule has 0 spiro atoms. The van der Waals surface area contributed by atoms with Crippen molar-refractivity contribution in [2.45, 2.75) is 38.2 Å². The van der Waals surface area contributed by atoms with E-state index in [1.165, 1.54) is 6.92 Å². The Morgan fingerprint density at radius 1 is 1.67 bits per heavy atom. The first-order valence-electron chi connectivity index (χ1n) is 5.35. The number of aryl methyl sites for hydroxylation is 1. The normalized spacial score (nSPS) is 21.9. The number of rotatable bonds is 2. The number of hydrogen-bond acceptors (Lipinski definition) is 3. The number of Topliss-reactive ketones (excluding diaryl/α,β-unsaturated/α-hetero) is 1. The molecule has 0 aliphatic heterocycles. The van der Waals surface area contributed by atoms with Gasteiger partial charge in [0.2, 0.25) is 0 Å². The quantitative estimate of drug-likeness (QED) is 0.795. The SMILES string of the molecule is CC(O)C(=O)C1CCCc2cccnc21. The van der Waals surface area contributed by atoms with E-state index in [9.17, 15) is 9.90 Å². The van der Waals surface area contributed by atoms with E-state index in [-0.39, 0.29) is 11.7 Å². The summed E-state index contributed by atoms with van der Waals surface area (Å²) in [6, 6.07) is 3.91. The van der Waals surface area contributed by atoms with Crippen molar-refractivity contribution in [2.75, 3.05) is 0 Å². The lowest BCUT2D eigenvalue weighted by atomic mass is 9.83. The molecule has 1 N–H and O–H groups in total. The molecule has 1 aromatic heterocycles. The van der Waals surface area contributed by atoms with Gasteiger partial charge in [-0.05, 0) is 37.8 Å². The summed E-state index contributed by atoms with van der Waals surface area (Å²) >= 11 is 0. The minimum absolute atomic E-state index is 0.102. The minimum Gasteiger partial charge on any atom is -0.386 e. The fraction of sp³-hybridized carbons (Fsp3) is 0.500. The molecular weight excluding hydrogens is 190 g/mol. The van der Waals surface area contributed by atoms with Crippen molar-refractivity contribution in [3.05, 3.63) is 29.6 Å². The van der Waals surface area contributed by atoms with Crippen molar-refractivity contribution in [1.29, 1.82) is 0 Å². The number of hydrogen-bond donors (Lipinski definition) is 1. The topological polar surface area (TPSA) is 50.2 Å². The van der Waals surface area contributed by atoms with E-state index in [1.807, 2.05) is 12.1 Å². The Morgan fingerprint density at radius 2 is 2.47 bits per heavy atom. The molecule has 1 aliphatic carbocycles. The van der Waals surface area contributed by atoms with Crippen LogP contribution in [0.25, 0.3) is 0 Å². The number of nitrogens with zero attached hydrogens (tertiary/aromatic N) is 1. The maximum atomic E-state index is 11.8. The third-order valence-electron chi connectivity index (χ3n) is 2.95. The summed E-state index contributed by atoms with van der Waals surface area (Å²) in [6.07, 6.45) is 3.64. The van der Waals surface area contributed by atoms with Crippen molar-refractivity contribution in [3.8, 4) is 0 Å². The van der Waals surface area contributed by atoms with Gasteiger partial charge in [0.25, 0.3) is 0 Å². The Hall–Kier alpha value is -1.22. The number of ketones is 1. The Labute approximate surface area is 89.2 Å². The zero-order valence-corrected chi connectivity index (χ0v) is 8.81. The van der Waals surface area contributed by atoms with Crippen LogP contribution in [0.3, 0.4) is 0 Å². The molecule has 2 unspecified atom stereocenters. The summed E-state index contributed by atoms with van der Waals surface area (Å²) in [5.41, 5.74) is 2.03. The van der Waals surface area contributed by atoms with E-state index in [0.717, 1.165) is 30.5 Å². The third-order valence-corrected chi connectivity index (χ3v) is 2.95. The molecule has 15 heavy (non-hydrogen) atoms. The molecule has 1 aromatic rings. The lowest BCUT2D eigenvalue weighted by Crippen LogP contribution is -2.27. The highest BCUT2D eigenvalue weighted by atomic mass is 16.3. The predicted molar refractivity (Wildman–Crippen MR) is 56.6 cm³/mol. The van der Waals surface area contributed by atoms with Crippen molar-refractivity contribution in [3.63, 3.8) is 0 Å². The van der Waals surface area contributed by atoms with Crippen LogP contribution in [0.4, 0.5) is 0 Å². The molecule has 0 aromatic carbocycles. The minimum atomic E-state index is -0.886. The molecule has 0 saturated carbocycles. The van der Waals surface area contributed by atoms with Gasteiger partial charge in [-0.15, -0.1) is 0 Å². The first kappa shape index (κ1) is 10.3. The summed E-state index contributed by atoms with van der Waals surface area (Å²) in [7, 11) is 0. The maximum Gasteiger partial charge on any atom is 0.169 e. The fourth-order valence-corrected chi connectivity index (χ4v) is 2.18. The average molecular weight is 205 g/mol. The lowest BCUT2D eigenvalue weighted by molar-refractivity contribution is -0.128. The standard InChI is InChI=1S/C12H15NO2/c1-8(14)12(15)10-6-2-4-9-5-3-7-13-11(9)10/h3,5,7-8,10,14H,2,4,6H2,1H3. The van der Waals surface area contributed by atoms with Gasteiger partial charge in [0.15, 0.2) is 5.78 Å². The van der Waals surface area contributed by atoms with Gasteiger partial charge < -0.3 is 5.11 Å². The van der Waals surface area contributed by atoms with Crippen LogP contribution in [-0.2, 0) is 11.2 Å². The second-order valence-electron chi connectivity index (χ2n) is 4.07. The van der Waals surface area contributed by atoms with Crippen molar-refractivity contribution in [1.82, 2.24) is 4.98 Å². The van der Waals surface area contributed by atoms with E-state index in [2.05, 4.69) is 4.98 Å². The maximum absolute atomic E-state index is 11.8. The van der Waals surface area contributed by atoms with Gasteiger partial charge >= 0.3 is 0 Å². The average Bonchev–Trinajstić information content (AvgIpc) is 2.27. The fourth-order valence-electron chi connectivity index (χ4n) is 2.18. The highest BCUT2D eigenvalue weighted by Gasteiger charge is 2.29. The van der Waals surface area contributed by atoms with E-state index in [4.69, 9.17) is 0 Å². The molecule has 1 heterocycles. The molecule has 0 bridgehead atoms. The van der Waals surface area contributed by atoms with Gasteiger partial charge in [0.05, 0.1) is 11.6 Å². The molecule has 2 atom stereocenters. The van der Waals surface area contributed by atoms with E-state index in [0.29, 0.717) is 0 Å². The van der Waals surface area contributed by atoms with Crippen LogP contribution in [0.1, 0.15) is 36.9 Å². The van der Waals surface area contributed by atoms with Crippen LogP contribution in [0.2, 0.25) is 0 Å². The number of fused-ring (bicyclic) bond motifs is 1. The highest BCUT2D eigenvalue weighted by Crippen LogP contribution is 2.31. The van der Waals surface area contributed by atoms with Crippen molar-refractivity contribution in [2.24, 2.45) is 0 Å². The van der Waals surface area contributed by atoms with Crippen molar-refractivity contribution < 1.29 is 9.90 Å². The third kappa shape index (κ3) is 1.92. The Bertz CT molecular complexity index is 374. The Balaban J connectivity index is 2.34. The van der Waals surface area contributed by atoms with Crippen LogP contribution in [-0.4, -0.2) is 22.0 Å². The van der Waals surface area contributed by atoms with Crippen molar-refractivity contribution >= 4 is 5.78 Å². The van der Waals surface area contributed by atoms with E-state index in [1.54, 1.807) is 6.20 Å². The number of aliphatic hydroxyl groups is 1. The number of aromatic nitrogens is 1. The van der Waals surface area contributed by atoms with Crippen LogP contribution in [0, 0.1) is 0 Å². The van der Waals surface area contributed by atoms with Crippen LogP contribution >= 0.6 is 0 Å². The molecule has 0 amide bonds.